The SMILES string of the molecule is Cc1nc(-c2ccc(NC(=O)c3ccccc3SCC(=O)N3CCCC3)cc2)cs1. The number of benzene rings is 2. The summed E-state index contributed by atoms with van der Waals surface area (Å²) >= 11 is 3.04. The predicted molar refractivity (Wildman–Crippen MR) is 123 cm³/mol. The van der Waals surface area contributed by atoms with Gasteiger partial charge in [-0.3, -0.25) is 9.59 Å². The van der Waals surface area contributed by atoms with Gasteiger partial charge in [0.25, 0.3) is 5.91 Å². The summed E-state index contributed by atoms with van der Waals surface area (Å²) in [6.07, 6.45) is 2.16. The van der Waals surface area contributed by atoms with Crippen LogP contribution in [0.2, 0.25) is 0 Å². The van der Waals surface area contributed by atoms with Crippen LogP contribution in [0.1, 0.15) is 28.2 Å². The number of thiazole rings is 1. The summed E-state index contributed by atoms with van der Waals surface area (Å²) in [4.78, 5) is 32.4. The molecule has 1 saturated heterocycles. The first kappa shape index (κ1) is 20.6. The molecule has 4 rings (SSSR count). The fourth-order valence-electron chi connectivity index (χ4n) is 3.40. The maximum absolute atomic E-state index is 12.9. The minimum absolute atomic E-state index is 0.139. The van der Waals surface area contributed by atoms with Gasteiger partial charge >= 0.3 is 0 Å². The zero-order valence-corrected chi connectivity index (χ0v) is 18.4. The first-order chi connectivity index (χ1) is 14.6. The zero-order chi connectivity index (χ0) is 20.9. The summed E-state index contributed by atoms with van der Waals surface area (Å²) < 4.78 is 0. The number of thioether (sulfide) groups is 1. The number of carbonyl (C=O) groups is 2. The molecule has 0 radical (unpaired) electrons. The van der Waals surface area contributed by atoms with Gasteiger partial charge < -0.3 is 10.2 Å². The Bertz CT molecular complexity index is 1040. The van der Waals surface area contributed by atoms with Crippen molar-refractivity contribution in [2.45, 2.75) is 24.7 Å². The normalized spacial score (nSPS) is 13.4. The van der Waals surface area contributed by atoms with Crippen molar-refractivity contribution in [3.63, 3.8) is 0 Å². The highest BCUT2D eigenvalue weighted by Gasteiger charge is 2.19. The molecule has 0 bridgehead atoms. The van der Waals surface area contributed by atoms with Gasteiger partial charge in [0, 0.05) is 34.6 Å². The number of anilines is 1. The molecule has 1 aliphatic rings. The van der Waals surface area contributed by atoms with E-state index in [9.17, 15) is 9.59 Å². The van der Waals surface area contributed by atoms with E-state index >= 15 is 0 Å². The standard InChI is InChI=1S/C23H23N3O2S2/c1-16-24-20(14-29-16)17-8-10-18(11-9-17)25-23(28)19-6-2-3-7-21(19)30-15-22(27)26-12-4-5-13-26/h2-3,6-11,14H,4-5,12-13,15H2,1H3,(H,25,28). The van der Waals surface area contributed by atoms with Crippen molar-refractivity contribution in [2.24, 2.45) is 0 Å². The van der Waals surface area contributed by atoms with Gasteiger partial charge in [-0.05, 0) is 44.0 Å². The van der Waals surface area contributed by atoms with Crippen molar-refractivity contribution < 1.29 is 9.59 Å². The van der Waals surface area contributed by atoms with E-state index < -0.39 is 0 Å². The van der Waals surface area contributed by atoms with Crippen LogP contribution in [0, 0.1) is 6.92 Å². The van der Waals surface area contributed by atoms with Gasteiger partial charge in [0.15, 0.2) is 0 Å². The molecule has 0 aliphatic carbocycles. The second kappa shape index (κ2) is 9.45. The monoisotopic (exact) mass is 437 g/mol. The molecule has 1 aromatic heterocycles. The van der Waals surface area contributed by atoms with Crippen LogP contribution in [0.5, 0.6) is 0 Å². The molecular formula is C23H23N3O2S2. The smallest absolute Gasteiger partial charge is 0.256 e. The van der Waals surface area contributed by atoms with E-state index in [0.717, 1.165) is 52.8 Å². The summed E-state index contributed by atoms with van der Waals surface area (Å²) in [5.41, 5.74) is 3.27. The van der Waals surface area contributed by atoms with Crippen LogP contribution in [0.3, 0.4) is 0 Å². The van der Waals surface area contributed by atoms with E-state index in [-0.39, 0.29) is 11.8 Å². The second-order valence-electron chi connectivity index (χ2n) is 7.16. The van der Waals surface area contributed by atoms with Crippen LogP contribution >= 0.6 is 23.1 Å². The number of rotatable bonds is 6. The van der Waals surface area contributed by atoms with Gasteiger partial charge in [-0.1, -0.05) is 24.3 Å². The molecule has 0 saturated carbocycles. The van der Waals surface area contributed by atoms with Crippen molar-refractivity contribution in [3.05, 3.63) is 64.5 Å². The Hall–Kier alpha value is -2.64. The summed E-state index contributed by atoms with van der Waals surface area (Å²) in [5, 5.41) is 6.01. The maximum atomic E-state index is 12.9. The van der Waals surface area contributed by atoms with Crippen molar-refractivity contribution >= 4 is 40.6 Å². The molecule has 1 N–H and O–H groups in total. The lowest BCUT2D eigenvalue weighted by molar-refractivity contribution is -0.127. The largest absolute Gasteiger partial charge is 0.342 e. The number of hydrogen-bond acceptors (Lipinski definition) is 5. The highest BCUT2D eigenvalue weighted by molar-refractivity contribution is 8.00. The number of amides is 2. The van der Waals surface area contributed by atoms with Gasteiger partial charge in [0.2, 0.25) is 5.91 Å². The molecule has 5 nitrogen and oxygen atoms in total. The maximum Gasteiger partial charge on any atom is 0.256 e. The van der Waals surface area contributed by atoms with E-state index in [1.54, 1.807) is 17.4 Å². The molecule has 1 aliphatic heterocycles. The van der Waals surface area contributed by atoms with E-state index in [1.165, 1.54) is 11.8 Å². The van der Waals surface area contributed by atoms with Gasteiger partial charge in [0.1, 0.15) is 0 Å². The first-order valence-electron chi connectivity index (χ1n) is 9.94. The summed E-state index contributed by atoms with van der Waals surface area (Å²) in [5.74, 6) is 0.316. The van der Waals surface area contributed by atoms with Crippen molar-refractivity contribution in [1.82, 2.24) is 9.88 Å². The molecule has 2 aromatic carbocycles. The lowest BCUT2D eigenvalue weighted by Crippen LogP contribution is -2.29. The zero-order valence-electron chi connectivity index (χ0n) is 16.8. The Kier molecular flexibility index (Phi) is 6.50. The van der Waals surface area contributed by atoms with Gasteiger partial charge in [-0.15, -0.1) is 23.1 Å². The van der Waals surface area contributed by atoms with E-state index in [1.807, 2.05) is 59.7 Å². The molecule has 0 spiro atoms. The van der Waals surface area contributed by atoms with Crippen LogP contribution in [-0.4, -0.2) is 40.5 Å². The number of aryl methyl sites for hydroxylation is 1. The van der Waals surface area contributed by atoms with E-state index in [4.69, 9.17) is 0 Å². The van der Waals surface area contributed by atoms with E-state index in [2.05, 4.69) is 10.3 Å². The molecule has 2 heterocycles. The van der Waals surface area contributed by atoms with Crippen LogP contribution in [0.25, 0.3) is 11.3 Å². The Morgan fingerprint density at radius 1 is 1.10 bits per heavy atom. The Morgan fingerprint density at radius 2 is 1.83 bits per heavy atom. The number of likely N-dealkylation sites (tertiary alicyclic amines) is 1. The third kappa shape index (κ3) is 4.91. The summed E-state index contributed by atoms with van der Waals surface area (Å²) in [6, 6.07) is 15.1. The minimum Gasteiger partial charge on any atom is -0.342 e. The van der Waals surface area contributed by atoms with Crippen LogP contribution in [0.15, 0.2) is 58.8 Å². The van der Waals surface area contributed by atoms with Crippen LogP contribution < -0.4 is 5.32 Å². The third-order valence-electron chi connectivity index (χ3n) is 5.00. The highest BCUT2D eigenvalue weighted by Crippen LogP contribution is 2.26. The van der Waals surface area contributed by atoms with Crippen molar-refractivity contribution in [1.29, 1.82) is 0 Å². The molecule has 0 atom stereocenters. The van der Waals surface area contributed by atoms with Crippen molar-refractivity contribution in [3.8, 4) is 11.3 Å². The van der Waals surface area contributed by atoms with Crippen LogP contribution in [0.4, 0.5) is 5.69 Å². The fraction of sp³-hybridized carbons (Fsp3) is 0.261. The Morgan fingerprint density at radius 3 is 2.53 bits per heavy atom. The third-order valence-corrected chi connectivity index (χ3v) is 6.83. The topological polar surface area (TPSA) is 62.3 Å². The fourth-order valence-corrected chi connectivity index (χ4v) is 4.97. The molecule has 1 fully saturated rings. The second-order valence-corrected chi connectivity index (χ2v) is 9.24. The van der Waals surface area contributed by atoms with Gasteiger partial charge in [-0.2, -0.15) is 0 Å². The molecule has 3 aromatic rings. The molecule has 154 valence electrons. The molecule has 2 amide bonds. The minimum atomic E-state index is -0.177. The molecule has 7 heteroatoms. The predicted octanol–water partition coefficient (Wildman–Crippen LogP) is 5.09. The molecule has 30 heavy (non-hydrogen) atoms. The van der Waals surface area contributed by atoms with E-state index in [0.29, 0.717) is 11.3 Å². The molecule has 0 unspecified atom stereocenters. The average Bonchev–Trinajstić information content (AvgIpc) is 3.45. The highest BCUT2D eigenvalue weighted by atomic mass is 32.2. The number of carbonyl (C=O) groups excluding carboxylic acids is 2. The number of hydrogen-bond donors (Lipinski definition) is 1. The number of nitrogens with zero attached hydrogens (tertiary/aromatic N) is 2. The van der Waals surface area contributed by atoms with Crippen molar-refractivity contribution in [2.75, 3.05) is 24.2 Å². The summed E-state index contributed by atoms with van der Waals surface area (Å²) in [6.45, 7) is 3.67. The lowest BCUT2D eigenvalue weighted by Gasteiger charge is -2.15. The quantitative estimate of drug-likeness (QED) is 0.546. The first-order valence-corrected chi connectivity index (χ1v) is 11.8. The Balaban J connectivity index is 1.41. The van der Waals surface area contributed by atoms with Crippen LogP contribution in [-0.2, 0) is 4.79 Å². The van der Waals surface area contributed by atoms with Gasteiger partial charge in [-0.25, -0.2) is 4.98 Å². The number of aromatic nitrogens is 1. The average molecular weight is 438 g/mol. The molecular weight excluding hydrogens is 414 g/mol. The summed E-state index contributed by atoms with van der Waals surface area (Å²) in [7, 11) is 0. The Labute approximate surface area is 184 Å². The lowest BCUT2D eigenvalue weighted by atomic mass is 10.1. The van der Waals surface area contributed by atoms with Gasteiger partial charge in [0.05, 0.1) is 22.0 Å². The number of nitrogens with one attached hydrogen (secondary N) is 1.